The minimum atomic E-state index is -0.708. The van der Waals surface area contributed by atoms with Crippen LogP contribution >= 0.6 is 0 Å². The van der Waals surface area contributed by atoms with Crippen LogP contribution in [0, 0.1) is 0 Å². The van der Waals surface area contributed by atoms with Crippen LogP contribution in [0.4, 0.5) is 0 Å². The molecule has 1 aromatic rings. The smallest absolute Gasteiger partial charge is 0.217 e. The van der Waals surface area contributed by atoms with E-state index in [1.807, 2.05) is 44.2 Å². The molecule has 1 saturated heterocycles. The van der Waals surface area contributed by atoms with Crippen LogP contribution < -0.4 is 5.32 Å². The van der Waals surface area contributed by atoms with Gasteiger partial charge >= 0.3 is 0 Å². The van der Waals surface area contributed by atoms with Crippen LogP contribution in [0.15, 0.2) is 30.3 Å². The van der Waals surface area contributed by atoms with Crippen molar-refractivity contribution in [2.24, 2.45) is 0 Å². The van der Waals surface area contributed by atoms with E-state index in [4.69, 9.17) is 14.2 Å². The predicted octanol–water partition coefficient (Wildman–Crippen LogP) is 1.22. The zero-order chi connectivity index (χ0) is 16.9. The van der Waals surface area contributed by atoms with E-state index in [1.165, 1.54) is 6.92 Å². The normalized spacial score (nSPS) is 22.5. The highest BCUT2D eigenvalue weighted by molar-refractivity contribution is 5.73. The van der Waals surface area contributed by atoms with Crippen LogP contribution in [0.2, 0.25) is 0 Å². The molecule has 128 valence electrons. The molecule has 0 unspecified atom stereocenters. The second-order valence-corrected chi connectivity index (χ2v) is 6.11. The molecule has 6 nitrogen and oxygen atoms in total. The molecule has 23 heavy (non-hydrogen) atoms. The van der Waals surface area contributed by atoms with Crippen molar-refractivity contribution in [3.63, 3.8) is 0 Å². The van der Waals surface area contributed by atoms with Gasteiger partial charge in [-0.15, -0.1) is 0 Å². The summed E-state index contributed by atoms with van der Waals surface area (Å²) in [4.78, 5) is 11.5. The maximum Gasteiger partial charge on any atom is 0.217 e. The first-order valence-electron chi connectivity index (χ1n) is 7.76. The van der Waals surface area contributed by atoms with E-state index in [2.05, 4.69) is 5.32 Å². The lowest BCUT2D eigenvalue weighted by molar-refractivity contribution is -0.152. The molecule has 0 radical (unpaired) electrons. The molecule has 3 atom stereocenters. The van der Waals surface area contributed by atoms with Crippen molar-refractivity contribution in [2.75, 3.05) is 13.2 Å². The van der Waals surface area contributed by atoms with Gasteiger partial charge in [-0.1, -0.05) is 30.3 Å². The van der Waals surface area contributed by atoms with E-state index in [1.54, 1.807) is 0 Å². The number of carbonyl (C=O) groups is 1. The van der Waals surface area contributed by atoms with Crippen LogP contribution in [0.5, 0.6) is 0 Å². The number of hydrogen-bond donors (Lipinski definition) is 2. The maximum absolute atomic E-state index is 11.5. The Hall–Kier alpha value is -1.47. The molecular weight excluding hydrogens is 298 g/mol. The Labute approximate surface area is 136 Å². The summed E-state index contributed by atoms with van der Waals surface area (Å²) >= 11 is 0. The van der Waals surface area contributed by atoms with Crippen molar-refractivity contribution >= 4 is 5.91 Å². The fraction of sp³-hybridized carbons (Fsp3) is 0.588. The molecule has 6 heteroatoms. The predicted molar refractivity (Wildman–Crippen MR) is 84.6 cm³/mol. The van der Waals surface area contributed by atoms with Crippen molar-refractivity contribution in [2.45, 2.75) is 51.4 Å². The van der Waals surface area contributed by atoms with Crippen LogP contribution in [-0.4, -0.2) is 48.3 Å². The number of benzene rings is 1. The van der Waals surface area contributed by atoms with Gasteiger partial charge in [0, 0.05) is 6.92 Å². The number of rotatable bonds is 7. The topological polar surface area (TPSA) is 77.0 Å². The molecule has 1 aromatic carbocycles. The molecule has 2 rings (SSSR count). The van der Waals surface area contributed by atoms with Gasteiger partial charge in [0.25, 0.3) is 0 Å². The standard InChI is InChI=1S/C17H25NO5/c1-12(20)18-16(15-11-22-17(2,3)23-15)14(9-19)21-10-13-7-5-4-6-8-13/h4-8,14-16,19H,9-11H2,1-3H3,(H,18,20)/t14-,15-,16+/m0/s1. The molecule has 1 aliphatic rings. The summed E-state index contributed by atoms with van der Waals surface area (Å²) in [6, 6.07) is 9.19. The number of nitrogens with one attached hydrogen (secondary N) is 1. The van der Waals surface area contributed by atoms with Gasteiger partial charge in [0.2, 0.25) is 5.91 Å². The minimum absolute atomic E-state index is 0.204. The summed E-state index contributed by atoms with van der Waals surface area (Å²) in [5, 5.41) is 12.5. The molecule has 0 aromatic heterocycles. The monoisotopic (exact) mass is 323 g/mol. The summed E-state index contributed by atoms with van der Waals surface area (Å²) in [6.07, 6.45) is -0.955. The number of aliphatic hydroxyl groups is 1. The maximum atomic E-state index is 11.5. The van der Waals surface area contributed by atoms with Crippen molar-refractivity contribution in [1.29, 1.82) is 0 Å². The highest BCUT2D eigenvalue weighted by atomic mass is 16.7. The summed E-state index contributed by atoms with van der Waals surface area (Å²) in [6.45, 7) is 5.52. The second-order valence-electron chi connectivity index (χ2n) is 6.11. The molecule has 0 spiro atoms. The van der Waals surface area contributed by atoms with Gasteiger partial charge in [0.05, 0.1) is 25.9 Å². The van der Waals surface area contributed by atoms with Gasteiger partial charge in [-0.25, -0.2) is 0 Å². The molecule has 1 aliphatic heterocycles. The average molecular weight is 323 g/mol. The average Bonchev–Trinajstić information content (AvgIpc) is 2.87. The molecule has 1 amide bonds. The van der Waals surface area contributed by atoms with Crippen molar-refractivity contribution in [1.82, 2.24) is 5.32 Å². The summed E-state index contributed by atoms with van der Waals surface area (Å²) in [5.41, 5.74) is 0.997. The Morgan fingerprint density at radius 3 is 2.65 bits per heavy atom. The van der Waals surface area contributed by atoms with Crippen LogP contribution in [-0.2, 0) is 25.6 Å². The Kier molecular flexibility index (Phi) is 6.12. The Morgan fingerprint density at radius 1 is 1.43 bits per heavy atom. The number of carbonyl (C=O) groups excluding carboxylic acids is 1. The van der Waals surface area contributed by atoms with Gasteiger partial charge in [-0.05, 0) is 19.4 Å². The fourth-order valence-electron chi connectivity index (χ4n) is 2.60. The number of aliphatic hydroxyl groups excluding tert-OH is 1. The first-order chi connectivity index (χ1) is 10.9. The van der Waals surface area contributed by atoms with Crippen molar-refractivity contribution < 1.29 is 24.1 Å². The highest BCUT2D eigenvalue weighted by Crippen LogP contribution is 2.26. The van der Waals surface area contributed by atoms with E-state index in [0.717, 1.165) is 5.56 Å². The fourth-order valence-corrected chi connectivity index (χ4v) is 2.60. The first kappa shape index (κ1) is 17.9. The minimum Gasteiger partial charge on any atom is -0.394 e. The molecular formula is C17H25NO5. The van der Waals surface area contributed by atoms with Gasteiger partial charge < -0.3 is 24.6 Å². The molecule has 0 aliphatic carbocycles. The number of hydrogen-bond acceptors (Lipinski definition) is 5. The summed E-state index contributed by atoms with van der Waals surface area (Å²) in [5.74, 6) is -0.911. The molecule has 0 saturated carbocycles. The van der Waals surface area contributed by atoms with Gasteiger partial charge in [0.15, 0.2) is 5.79 Å². The van der Waals surface area contributed by atoms with E-state index in [0.29, 0.717) is 13.2 Å². The Bertz CT molecular complexity index is 505. The first-order valence-corrected chi connectivity index (χ1v) is 7.76. The molecule has 0 bridgehead atoms. The van der Waals surface area contributed by atoms with Crippen molar-refractivity contribution in [3.8, 4) is 0 Å². The molecule has 1 fully saturated rings. The number of amides is 1. The number of ether oxygens (including phenoxy) is 3. The SMILES string of the molecule is CC(=O)N[C@H]([C@H](CO)OCc1ccccc1)[C@@H]1COC(C)(C)O1. The highest BCUT2D eigenvalue weighted by Gasteiger charge is 2.41. The zero-order valence-electron chi connectivity index (χ0n) is 13.8. The molecule has 1 heterocycles. The zero-order valence-corrected chi connectivity index (χ0v) is 13.8. The Balaban J connectivity index is 2.04. The lowest BCUT2D eigenvalue weighted by Gasteiger charge is -2.30. The van der Waals surface area contributed by atoms with Gasteiger partial charge in [-0.2, -0.15) is 0 Å². The van der Waals surface area contributed by atoms with Crippen LogP contribution in [0.3, 0.4) is 0 Å². The lowest BCUT2D eigenvalue weighted by Crippen LogP contribution is -2.53. The van der Waals surface area contributed by atoms with E-state index in [9.17, 15) is 9.90 Å². The third-order valence-corrected chi connectivity index (χ3v) is 3.69. The van der Waals surface area contributed by atoms with E-state index < -0.39 is 17.9 Å². The summed E-state index contributed by atoms with van der Waals surface area (Å²) < 4.78 is 17.2. The third kappa shape index (κ3) is 5.28. The van der Waals surface area contributed by atoms with Gasteiger partial charge in [0.1, 0.15) is 12.2 Å². The van der Waals surface area contributed by atoms with Crippen LogP contribution in [0.25, 0.3) is 0 Å². The lowest BCUT2D eigenvalue weighted by atomic mass is 10.1. The Morgan fingerprint density at radius 2 is 2.13 bits per heavy atom. The second kappa shape index (κ2) is 7.88. The quantitative estimate of drug-likeness (QED) is 0.789. The van der Waals surface area contributed by atoms with E-state index >= 15 is 0 Å². The van der Waals surface area contributed by atoms with Gasteiger partial charge in [-0.3, -0.25) is 4.79 Å². The third-order valence-electron chi connectivity index (χ3n) is 3.69. The largest absolute Gasteiger partial charge is 0.394 e. The molecule has 2 N–H and O–H groups in total. The van der Waals surface area contributed by atoms with Crippen molar-refractivity contribution in [3.05, 3.63) is 35.9 Å². The summed E-state index contributed by atoms with van der Waals surface area (Å²) in [7, 11) is 0. The van der Waals surface area contributed by atoms with Crippen LogP contribution in [0.1, 0.15) is 26.3 Å². The van der Waals surface area contributed by atoms with E-state index in [-0.39, 0.29) is 18.6 Å².